The van der Waals surface area contributed by atoms with E-state index in [9.17, 15) is 0 Å². The maximum absolute atomic E-state index is 5.89. The van der Waals surface area contributed by atoms with Gasteiger partial charge in [0.2, 0.25) is 0 Å². The molecule has 1 N–H and O–H groups in total. The summed E-state index contributed by atoms with van der Waals surface area (Å²) in [6.45, 7) is 1.72. The van der Waals surface area contributed by atoms with Crippen LogP contribution in [0.1, 0.15) is 10.6 Å². The number of aromatic nitrogens is 1. The molecule has 0 aliphatic heterocycles. The molecule has 23 heavy (non-hydrogen) atoms. The second-order valence-corrected chi connectivity index (χ2v) is 7.65. The highest BCUT2D eigenvalue weighted by Crippen LogP contribution is 2.28. The van der Waals surface area contributed by atoms with Gasteiger partial charge in [0.15, 0.2) is 0 Å². The molecule has 1 heterocycles. The number of thiazole rings is 1. The fourth-order valence-corrected chi connectivity index (χ4v) is 3.66. The van der Waals surface area contributed by atoms with E-state index in [4.69, 9.17) is 11.6 Å². The first kappa shape index (κ1) is 16.7. The highest BCUT2D eigenvalue weighted by molar-refractivity contribution is 9.10. The lowest BCUT2D eigenvalue weighted by atomic mass is 10.1. The first-order valence-corrected chi connectivity index (χ1v) is 9.35. The van der Waals surface area contributed by atoms with Crippen LogP contribution in [-0.2, 0) is 13.0 Å². The van der Waals surface area contributed by atoms with Gasteiger partial charge in [-0.25, -0.2) is 4.98 Å². The number of hydrogen-bond donors (Lipinski definition) is 1. The fourth-order valence-electron chi connectivity index (χ4n) is 2.25. The monoisotopic (exact) mass is 406 g/mol. The SMILES string of the molecule is Clc1ccc(CCNCc2ncc(-c3cccc(Br)c3)s2)cc1. The number of benzene rings is 2. The van der Waals surface area contributed by atoms with Crippen molar-refractivity contribution in [1.82, 2.24) is 10.3 Å². The predicted molar refractivity (Wildman–Crippen MR) is 102 cm³/mol. The molecule has 0 bridgehead atoms. The molecule has 0 aliphatic carbocycles. The maximum Gasteiger partial charge on any atom is 0.107 e. The average molecular weight is 408 g/mol. The first-order valence-electron chi connectivity index (χ1n) is 7.36. The van der Waals surface area contributed by atoms with Gasteiger partial charge in [-0.1, -0.05) is 51.8 Å². The summed E-state index contributed by atoms with van der Waals surface area (Å²) in [7, 11) is 0. The van der Waals surface area contributed by atoms with Crippen molar-refractivity contribution in [1.29, 1.82) is 0 Å². The Labute approximate surface area is 153 Å². The largest absolute Gasteiger partial charge is 0.310 e. The smallest absolute Gasteiger partial charge is 0.107 e. The number of nitrogens with one attached hydrogen (secondary N) is 1. The van der Waals surface area contributed by atoms with Crippen molar-refractivity contribution in [2.75, 3.05) is 6.54 Å². The minimum Gasteiger partial charge on any atom is -0.310 e. The van der Waals surface area contributed by atoms with Crippen LogP contribution in [0.4, 0.5) is 0 Å². The second kappa shape index (κ2) is 8.06. The van der Waals surface area contributed by atoms with Crippen LogP contribution >= 0.6 is 38.9 Å². The van der Waals surface area contributed by atoms with Crippen LogP contribution in [-0.4, -0.2) is 11.5 Å². The third-order valence-corrected chi connectivity index (χ3v) is 5.23. The lowest BCUT2D eigenvalue weighted by molar-refractivity contribution is 0.684. The summed E-state index contributed by atoms with van der Waals surface area (Å²) in [6, 6.07) is 16.3. The fraction of sp³-hybridized carbons (Fsp3) is 0.167. The molecule has 0 saturated carbocycles. The van der Waals surface area contributed by atoms with Gasteiger partial charge in [-0.2, -0.15) is 0 Å². The van der Waals surface area contributed by atoms with E-state index in [1.54, 1.807) is 11.3 Å². The highest BCUT2D eigenvalue weighted by Gasteiger charge is 2.04. The highest BCUT2D eigenvalue weighted by atomic mass is 79.9. The zero-order chi connectivity index (χ0) is 16.1. The molecule has 2 aromatic carbocycles. The van der Waals surface area contributed by atoms with Crippen LogP contribution in [0, 0.1) is 0 Å². The van der Waals surface area contributed by atoms with Crippen LogP contribution in [0.25, 0.3) is 10.4 Å². The minimum absolute atomic E-state index is 0.782. The molecule has 0 fully saturated rings. The quantitative estimate of drug-likeness (QED) is 0.541. The summed E-state index contributed by atoms with van der Waals surface area (Å²) >= 11 is 11.1. The molecule has 0 saturated heterocycles. The standard InChI is InChI=1S/C18H16BrClN2S/c19-15-3-1-2-14(10-15)17-11-22-18(23-17)12-21-9-8-13-4-6-16(20)7-5-13/h1-7,10-11,21H,8-9,12H2. The molecule has 0 unspecified atom stereocenters. The van der Waals surface area contributed by atoms with Crippen LogP contribution < -0.4 is 5.32 Å². The minimum atomic E-state index is 0.782. The molecule has 0 atom stereocenters. The van der Waals surface area contributed by atoms with Crippen molar-refractivity contribution >= 4 is 38.9 Å². The Bertz CT molecular complexity index is 771. The Hall–Kier alpha value is -1.20. The molecule has 0 radical (unpaired) electrons. The van der Waals surface area contributed by atoms with E-state index in [2.05, 4.69) is 50.5 Å². The van der Waals surface area contributed by atoms with Crippen LogP contribution in [0.2, 0.25) is 5.02 Å². The van der Waals surface area contributed by atoms with Crippen molar-refractivity contribution in [3.63, 3.8) is 0 Å². The van der Waals surface area contributed by atoms with Crippen LogP contribution in [0.15, 0.2) is 59.2 Å². The van der Waals surface area contributed by atoms with Gasteiger partial charge in [0.05, 0.1) is 4.88 Å². The molecule has 1 aromatic heterocycles. The van der Waals surface area contributed by atoms with Crippen molar-refractivity contribution in [3.8, 4) is 10.4 Å². The summed E-state index contributed by atoms with van der Waals surface area (Å²) < 4.78 is 1.09. The zero-order valence-corrected chi connectivity index (χ0v) is 15.6. The molecule has 0 amide bonds. The Morgan fingerprint density at radius 1 is 1.13 bits per heavy atom. The topological polar surface area (TPSA) is 24.9 Å². The van der Waals surface area contributed by atoms with E-state index < -0.39 is 0 Å². The van der Waals surface area contributed by atoms with Gasteiger partial charge in [0.1, 0.15) is 5.01 Å². The normalized spacial score (nSPS) is 10.9. The Morgan fingerprint density at radius 2 is 1.96 bits per heavy atom. The van der Waals surface area contributed by atoms with Gasteiger partial charge >= 0.3 is 0 Å². The van der Waals surface area contributed by atoms with Crippen molar-refractivity contribution < 1.29 is 0 Å². The van der Waals surface area contributed by atoms with Gasteiger partial charge in [-0.05, 0) is 48.4 Å². The molecule has 2 nitrogen and oxygen atoms in total. The van der Waals surface area contributed by atoms with Gasteiger partial charge in [-0.3, -0.25) is 0 Å². The maximum atomic E-state index is 5.89. The lowest BCUT2D eigenvalue weighted by Crippen LogP contribution is -2.16. The third kappa shape index (κ3) is 4.88. The van der Waals surface area contributed by atoms with Gasteiger partial charge in [0, 0.05) is 22.2 Å². The molecular weight excluding hydrogens is 392 g/mol. The van der Waals surface area contributed by atoms with E-state index in [1.807, 2.05) is 30.5 Å². The van der Waals surface area contributed by atoms with Gasteiger partial charge in [-0.15, -0.1) is 11.3 Å². The van der Waals surface area contributed by atoms with Crippen LogP contribution in [0.3, 0.4) is 0 Å². The van der Waals surface area contributed by atoms with E-state index in [0.29, 0.717) is 0 Å². The molecule has 3 rings (SSSR count). The second-order valence-electron chi connectivity index (χ2n) is 5.18. The van der Waals surface area contributed by atoms with Crippen molar-refractivity contribution in [2.45, 2.75) is 13.0 Å². The molecule has 118 valence electrons. The molecule has 3 aromatic rings. The summed E-state index contributed by atoms with van der Waals surface area (Å²) in [4.78, 5) is 5.70. The number of halogens is 2. The number of nitrogens with zero attached hydrogens (tertiary/aromatic N) is 1. The Morgan fingerprint density at radius 3 is 2.74 bits per heavy atom. The molecule has 5 heteroatoms. The molecule has 0 aliphatic rings. The first-order chi connectivity index (χ1) is 11.2. The summed E-state index contributed by atoms with van der Waals surface area (Å²) in [5.41, 5.74) is 2.49. The van der Waals surface area contributed by atoms with Crippen molar-refractivity contribution in [3.05, 3.63) is 74.8 Å². The van der Waals surface area contributed by atoms with Crippen molar-refractivity contribution in [2.24, 2.45) is 0 Å². The predicted octanol–water partition coefficient (Wildman–Crippen LogP) is 5.56. The Balaban J connectivity index is 1.50. The summed E-state index contributed by atoms with van der Waals surface area (Å²) in [5.74, 6) is 0. The zero-order valence-electron chi connectivity index (χ0n) is 12.4. The lowest BCUT2D eigenvalue weighted by Gasteiger charge is -2.03. The molecular formula is C18H16BrClN2S. The van der Waals surface area contributed by atoms with E-state index in [1.165, 1.54) is 16.0 Å². The van der Waals surface area contributed by atoms with E-state index in [0.717, 1.165) is 34.0 Å². The Kier molecular flexibility index (Phi) is 5.84. The summed E-state index contributed by atoms with van der Waals surface area (Å²) in [5, 5.41) is 5.34. The van der Waals surface area contributed by atoms with E-state index in [-0.39, 0.29) is 0 Å². The average Bonchev–Trinajstić information content (AvgIpc) is 3.02. The third-order valence-electron chi connectivity index (χ3n) is 3.44. The number of rotatable bonds is 6. The van der Waals surface area contributed by atoms with Gasteiger partial charge in [0.25, 0.3) is 0 Å². The van der Waals surface area contributed by atoms with Gasteiger partial charge < -0.3 is 5.32 Å². The van der Waals surface area contributed by atoms with Crippen LogP contribution in [0.5, 0.6) is 0 Å². The van der Waals surface area contributed by atoms with E-state index >= 15 is 0 Å². The summed E-state index contributed by atoms with van der Waals surface area (Å²) in [6.07, 6.45) is 2.93. The number of hydrogen-bond acceptors (Lipinski definition) is 3. The molecule has 0 spiro atoms.